The molecule has 2 heterocycles. The van der Waals surface area contributed by atoms with Crippen LogP contribution in [0.4, 0.5) is 4.39 Å². The van der Waals surface area contributed by atoms with E-state index >= 15 is 0 Å². The lowest BCUT2D eigenvalue weighted by Crippen LogP contribution is -2.37. The molecule has 1 aliphatic heterocycles. The summed E-state index contributed by atoms with van der Waals surface area (Å²) in [6.45, 7) is 0.813. The number of para-hydroxylation sites is 1. The summed E-state index contributed by atoms with van der Waals surface area (Å²) in [6.07, 6.45) is 5.35. The maximum Gasteiger partial charge on any atom is 0.227 e. The van der Waals surface area contributed by atoms with Gasteiger partial charge in [-0.2, -0.15) is 0 Å². The first-order valence-corrected chi connectivity index (χ1v) is 8.79. The molecule has 4 rings (SSSR count). The lowest BCUT2D eigenvalue weighted by atomic mass is 10.0. The average molecular weight is 336 g/mol. The van der Waals surface area contributed by atoms with Crippen LogP contribution in [0.25, 0.3) is 10.9 Å². The number of nitrogens with zero attached hydrogens (tertiary/aromatic N) is 1. The topological polar surface area (TPSA) is 36.1 Å². The summed E-state index contributed by atoms with van der Waals surface area (Å²) in [4.78, 5) is 18.0. The van der Waals surface area contributed by atoms with E-state index in [1.165, 1.54) is 23.1 Å². The molecular formula is C21H21FN2O. The predicted octanol–water partition coefficient (Wildman–Crippen LogP) is 4.08. The van der Waals surface area contributed by atoms with Crippen LogP contribution < -0.4 is 0 Å². The van der Waals surface area contributed by atoms with E-state index in [1.54, 1.807) is 12.1 Å². The van der Waals surface area contributed by atoms with Gasteiger partial charge in [0.05, 0.1) is 6.42 Å². The van der Waals surface area contributed by atoms with Crippen molar-refractivity contribution in [2.75, 3.05) is 6.54 Å². The second kappa shape index (κ2) is 6.71. The number of carbonyl (C=O) groups excluding carboxylic acids is 1. The molecule has 3 aromatic rings. The zero-order valence-electron chi connectivity index (χ0n) is 14.0. The molecule has 0 radical (unpaired) electrons. The smallest absolute Gasteiger partial charge is 0.227 e. The van der Waals surface area contributed by atoms with Gasteiger partial charge in [-0.3, -0.25) is 4.79 Å². The molecule has 0 spiro atoms. The number of likely N-dealkylation sites (tertiary alicyclic amines) is 1. The molecule has 1 aromatic heterocycles. The zero-order chi connectivity index (χ0) is 17.2. The van der Waals surface area contributed by atoms with Gasteiger partial charge in [-0.05, 0) is 48.6 Å². The van der Waals surface area contributed by atoms with Crippen LogP contribution in [0.3, 0.4) is 0 Å². The van der Waals surface area contributed by atoms with Gasteiger partial charge >= 0.3 is 0 Å². The van der Waals surface area contributed by atoms with E-state index < -0.39 is 0 Å². The molecule has 1 amide bonds. The quantitative estimate of drug-likeness (QED) is 0.765. The number of aromatic nitrogens is 1. The molecule has 1 unspecified atom stereocenters. The van der Waals surface area contributed by atoms with Crippen LogP contribution in [0.2, 0.25) is 0 Å². The van der Waals surface area contributed by atoms with Gasteiger partial charge in [0.25, 0.3) is 0 Å². The van der Waals surface area contributed by atoms with Crippen molar-refractivity contribution in [3.05, 3.63) is 71.7 Å². The van der Waals surface area contributed by atoms with Crippen molar-refractivity contribution in [3.8, 4) is 0 Å². The maximum absolute atomic E-state index is 13.0. The summed E-state index contributed by atoms with van der Waals surface area (Å²) >= 11 is 0. The number of benzene rings is 2. The van der Waals surface area contributed by atoms with Crippen molar-refractivity contribution in [2.45, 2.75) is 31.7 Å². The summed E-state index contributed by atoms with van der Waals surface area (Å²) in [7, 11) is 0. The fraction of sp³-hybridized carbons (Fsp3) is 0.286. The van der Waals surface area contributed by atoms with Gasteiger partial charge in [0.1, 0.15) is 5.82 Å². The van der Waals surface area contributed by atoms with Crippen molar-refractivity contribution >= 4 is 16.8 Å². The van der Waals surface area contributed by atoms with Crippen molar-refractivity contribution in [1.82, 2.24) is 9.88 Å². The maximum atomic E-state index is 13.0. The first kappa shape index (κ1) is 15.9. The Balaban J connectivity index is 1.48. The second-order valence-electron chi connectivity index (χ2n) is 6.75. The van der Waals surface area contributed by atoms with E-state index in [-0.39, 0.29) is 17.8 Å². The minimum atomic E-state index is -0.269. The molecule has 0 bridgehead atoms. The Morgan fingerprint density at radius 1 is 1.16 bits per heavy atom. The molecule has 3 nitrogen and oxygen atoms in total. The van der Waals surface area contributed by atoms with E-state index in [0.29, 0.717) is 6.42 Å². The molecule has 1 saturated heterocycles. The minimum Gasteiger partial charge on any atom is -0.361 e. The van der Waals surface area contributed by atoms with Gasteiger partial charge in [-0.25, -0.2) is 4.39 Å². The number of aromatic amines is 1. The lowest BCUT2D eigenvalue weighted by molar-refractivity contribution is -0.131. The third-order valence-electron chi connectivity index (χ3n) is 5.10. The van der Waals surface area contributed by atoms with E-state index in [1.807, 2.05) is 17.0 Å². The lowest BCUT2D eigenvalue weighted by Gasteiger charge is -2.25. The number of hydrogen-bond donors (Lipinski definition) is 1. The second-order valence-corrected chi connectivity index (χ2v) is 6.75. The van der Waals surface area contributed by atoms with Crippen LogP contribution in [0, 0.1) is 5.82 Å². The Kier molecular flexibility index (Phi) is 4.26. The fourth-order valence-electron chi connectivity index (χ4n) is 3.81. The SMILES string of the molecule is O=C(Cc1ccc(F)cc1)N1CCCC1Cc1c[nH]c2ccccc12. The molecule has 0 aliphatic carbocycles. The van der Waals surface area contributed by atoms with Crippen molar-refractivity contribution in [1.29, 1.82) is 0 Å². The molecule has 0 saturated carbocycles. The monoisotopic (exact) mass is 336 g/mol. The van der Waals surface area contributed by atoms with E-state index in [9.17, 15) is 9.18 Å². The van der Waals surface area contributed by atoms with Crippen LogP contribution in [0.5, 0.6) is 0 Å². The molecule has 1 N–H and O–H groups in total. The Hall–Kier alpha value is -2.62. The number of carbonyl (C=O) groups is 1. The third kappa shape index (κ3) is 3.29. The van der Waals surface area contributed by atoms with Crippen molar-refractivity contribution < 1.29 is 9.18 Å². The van der Waals surface area contributed by atoms with Crippen LogP contribution >= 0.6 is 0 Å². The first-order valence-electron chi connectivity index (χ1n) is 8.79. The Bertz CT molecular complexity index is 884. The molecule has 1 fully saturated rings. The summed E-state index contributed by atoms with van der Waals surface area (Å²) in [5.74, 6) is -0.136. The van der Waals surface area contributed by atoms with Gasteiger partial charge in [0.15, 0.2) is 0 Å². The highest BCUT2D eigenvalue weighted by Crippen LogP contribution is 2.26. The van der Waals surface area contributed by atoms with Crippen LogP contribution in [-0.4, -0.2) is 28.4 Å². The fourth-order valence-corrected chi connectivity index (χ4v) is 3.81. The first-order chi connectivity index (χ1) is 12.2. The van der Waals surface area contributed by atoms with Crippen molar-refractivity contribution in [2.24, 2.45) is 0 Å². The molecule has 2 aromatic carbocycles. The number of rotatable bonds is 4. The van der Waals surface area contributed by atoms with E-state index in [0.717, 1.165) is 36.9 Å². The Labute approximate surface area is 146 Å². The number of nitrogens with one attached hydrogen (secondary N) is 1. The zero-order valence-corrected chi connectivity index (χ0v) is 14.0. The molecule has 25 heavy (non-hydrogen) atoms. The Morgan fingerprint density at radius 2 is 1.96 bits per heavy atom. The van der Waals surface area contributed by atoms with E-state index in [4.69, 9.17) is 0 Å². The highest BCUT2D eigenvalue weighted by Gasteiger charge is 2.29. The normalized spacial score (nSPS) is 17.3. The molecular weight excluding hydrogens is 315 g/mol. The van der Waals surface area contributed by atoms with Crippen LogP contribution in [-0.2, 0) is 17.6 Å². The van der Waals surface area contributed by atoms with Gasteiger partial charge in [-0.15, -0.1) is 0 Å². The van der Waals surface area contributed by atoms with Gasteiger partial charge in [-0.1, -0.05) is 30.3 Å². The third-order valence-corrected chi connectivity index (χ3v) is 5.10. The average Bonchev–Trinajstić information content (AvgIpc) is 3.25. The van der Waals surface area contributed by atoms with Crippen LogP contribution in [0.15, 0.2) is 54.7 Å². The number of hydrogen-bond acceptors (Lipinski definition) is 1. The highest BCUT2D eigenvalue weighted by molar-refractivity contribution is 5.83. The molecule has 1 atom stereocenters. The standard InChI is InChI=1S/C21H21FN2O/c22-17-9-7-15(8-10-17)12-21(25)24-11-3-4-18(24)13-16-14-23-20-6-2-1-5-19(16)20/h1-2,5-10,14,18,23H,3-4,11-13H2. The summed E-state index contributed by atoms with van der Waals surface area (Å²) in [6, 6.07) is 14.7. The number of H-pyrrole nitrogens is 1. The number of halogens is 1. The van der Waals surface area contributed by atoms with E-state index in [2.05, 4.69) is 23.3 Å². The molecule has 4 heteroatoms. The van der Waals surface area contributed by atoms with Gasteiger partial charge in [0.2, 0.25) is 5.91 Å². The molecule has 128 valence electrons. The summed E-state index contributed by atoms with van der Waals surface area (Å²) in [5.41, 5.74) is 3.27. The highest BCUT2D eigenvalue weighted by atomic mass is 19.1. The minimum absolute atomic E-state index is 0.133. The predicted molar refractivity (Wildman–Crippen MR) is 96.8 cm³/mol. The van der Waals surface area contributed by atoms with Gasteiger partial charge < -0.3 is 9.88 Å². The number of amides is 1. The summed E-state index contributed by atoms with van der Waals surface area (Å²) < 4.78 is 13.0. The summed E-state index contributed by atoms with van der Waals surface area (Å²) in [5, 5.41) is 1.24. The van der Waals surface area contributed by atoms with Gasteiger partial charge in [0, 0.05) is 29.7 Å². The Morgan fingerprint density at radius 3 is 2.80 bits per heavy atom. The van der Waals surface area contributed by atoms with Crippen molar-refractivity contribution in [3.63, 3.8) is 0 Å². The number of fused-ring (bicyclic) bond motifs is 1. The van der Waals surface area contributed by atoms with Crippen LogP contribution in [0.1, 0.15) is 24.0 Å². The molecule has 1 aliphatic rings. The largest absolute Gasteiger partial charge is 0.361 e.